The summed E-state index contributed by atoms with van der Waals surface area (Å²) < 4.78 is 6.38. The lowest BCUT2D eigenvalue weighted by atomic mass is 10.0. The second-order valence-corrected chi connectivity index (χ2v) is 7.19. The highest BCUT2D eigenvalue weighted by Gasteiger charge is 2.26. The zero-order chi connectivity index (χ0) is 17.4. The van der Waals surface area contributed by atoms with Crippen molar-refractivity contribution in [3.63, 3.8) is 0 Å². The molecule has 2 aromatic carbocycles. The smallest absolute Gasteiger partial charge is 0.296 e. The van der Waals surface area contributed by atoms with E-state index >= 15 is 0 Å². The molecule has 126 valence electrons. The predicted octanol–water partition coefficient (Wildman–Crippen LogP) is 5.01. The van der Waals surface area contributed by atoms with Gasteiger partial charge in [-0.05, 0) is 43.5 Å². The van der Waals surface area contributed by atoms with Crippen LogP contribution in [0.25, 0.3) is 11.3 Å². The van der Waals surface area contributed by atoms with Crippen molar-refractivity contribution in [1.29, 1.82) is 0 Å². The fourth-order valence-electron chi connectivity index (χ4n) is 3.15. The molecule has 3 aromatic rings. The van der Waals surface area contributed by atoms with Crippen LogP contribution in [0.5, 0.6) is 0 Å². The Balaban J connectivity index is 1.63. The van der Waals surface area contributed by atoms with E-state index in [9.17, 15) is 4.79 Å². The van der Waals surface area contributed by atoms with Crippen LogP contribution in [0.4, 0.5) is 5.69 Å². The van der Waals surface area contributed by atoms with Gasteiger partial charge in [-0.1, -0.05) is 50.9 Å². The number of fused-ring (bicyclic) bond motifs is 1. The van der Waals surface area contributed by atoms with E-state index < -0.39 is 0 Å². The second kappa shape index (κ2) is 6.48. The number of carbonyl (C=O) groups excluding carboxylic acids is 1. The SMILES string of the molecule is Cc1ccc(-c2cc(C(=O)N3CCCc4cc(Br)ccc43)on2)cc1. The van der Waals surface area contributed by atoms with Crippen LogP contribution in [0.1, 0.15) is 28.1 Å². The Kier molecular flexibility index (Phi) is 4.17. The first-order valence-corrected chi connectivity index (χ1v) is 9.05. The third kappa shape index (κ3) is 3.12. The summed E-state index contributed by atoms with van der Waals surface area (Å²) >= 11 is 3.49. The minimum absolute atomic E-state index is 0.144. The Bertz CT molecular complexity index is 931. The Morgan fingerprint density at radius 2 is 1.96 bits per heavy atom. The number of hydrogen-bond donors (Lipinski definition) is 0. The molecule has 1 aliphatic rings. The maximum Gasteiger partial charge on any atom is 0.296 e. The van der Waals surface area contributed by atoms with Crippen molar-refractivity contribution in [2.45, 2.75) is 19.8 Å². The van der Waals surface area contributed by atoms with E-state index in [1.54, 1.807) is 11.0 Å². The molecule has 1 amide bonds. The summed E-state index contributed by atoms with van der Waals surface area (Å²) in [6.07, 6.45) is 1.91. The third-order valence-electron chi connectivity index (χ3n) is 4.47. The van der Waals surface area contributed by atoms with E-state index in [1.165, 1.54) is 11.1 Å². The molecule has 0 N–H and O–H groups in total. The molecule has 5 heteroatoms. The number of benzene rings is 2. The average Bonchev–Trinajstić information content (AvgIpc) is 3.11. The molecule has 1 aromatic heterocycles. The van der Waals surface area contributed by atoms with Crippen LogP contribution < -0.4 is 4.90 Å². The van der Waals surface area contributed by atoms with Gasteiger partial charge in [-0.3, -0.25) is 4.79 Å². The van der Waals surface area contributed by atoms with Crippen LogP contribution >= 0.6 is 15.9 Å². The van der Waals surface area contributed by atoms with Gasteiger partial charge in [0.15, 0.2) is 0 Å². The fraction of sp³-hybridized carbons (Fsp3) is 0.200. The Labute approximate surface area is 154 Å². The van der Waals surface area contributed by atoms with E-state index in [0.29, 0.717) is 12.2 Å². The van der Waals surface area contributed by atoms with Crippen LogP contribution in [0.3, 0.4) is 0 Å². The van der Waals surface area contributed by atoms with Gasteiger partial charge in [-0.15, -0.1) is 0 Å². The predicted molar refractivity (Wildman–Crippen MR) is 101 cm³/mol. The molecular weight excluding hydrogens is 380 g/mol. The number of aromatic nitrogens is 1. The summed E-state index contributed by atoms with van der Waals surface area (Å²) in [6.45, 7) is 2.72. The zero-order valence-corrected chi connectivity index (χ0v) is 15.4. The van der Waals surface area contributed by atoms with Crippen LogP contribution in [-0.2, 0) is 6.42 Å². The highest BCUT2D eigenvalue weighted by Crippen LogP contribution is 2.31. The van der Waals surface area contributed by atoms with Crippen molar-refractivity contribution in [2.24, 2.45) is 0 Å². The van der Waals surface area contributed by atoms with Gasteiger partial charge in [0.2, 0.25) is 5.76 Å². The number of amides is 1. The average molecular weight is 397 g/mol. The molecule has 25 heavy (non-hydrogen) atoms. The zero-order valence-electron chi connectivity index (χ0n) is 13.8. The van der Waals surface area contributed by atoms with Gasteiger partial charge in [-0.25, -0.2) is 0 Å². The van der Waals surface area contributed by atoms with Crippen LogP contribution in [0.15, 0.2) is 57.5 Å². The summed E-state index contributed by atoms with van der Waals surface area (Å²) in [5.41, 5.74) is 4.92. The minimum atomic E-state index is -0.144. The molecule has 0 radical (unpaired) electrons. The standard InChI is InChI=1S/C20H17BrN2O2/c1-13-4-6-14(7-5-13)17-12-19(25-22-17)20(24)23-10-2-3-15-11-16(21)8-9-18(15)23/h4-9,11-12H,2-3,10H2,1H3. The van der Waals surface area contributed by atoms with Gasteiger partial charge in [0.25, 0.3) is 5.91 Å². The van der Waals surface area contributed by atoms with Crippen molar-refractivity contribution >= 4 is 27.5 Å². The first kappa shape index (κ1) is 16.1. The van der Waals surface area contributed by atoms with E-state index in [-0.39, 0.29) is 11.7 Å². The molecule has 0 atom stereocenters. The molecule has 4 rings (SSSR count). The van der Waals surface area contributed by atoms with Gasteiger partial charge < -0.3 is 9.42 Å². The molecule has 0 spiro atoms. The van der Waals surface area contributed by atoms with Crippen molar-refractivity contribution in [3.05, 3.63) is 69.9 Å². The lowest BCUT2D eigenvalue weighted by molar-refractivity contribution is 0.0949. The number of rotatable bonds is 2. The van der Waals surface area contributed by atoms with Gasteiger partial charge in [0.1, 0.15) is 5.69 Å². The molecule has 0 saturated carbocycles. The number of nitrogens with zero attached hydrogens (tertiary/aromatic N) is 2. The Morgan fingerprint density at radius 1 is 1.16 bits per heavy atom. The monoisotopic (exact) mass is 396 g/mol. The molecule has 0 bridgehead atoms. The van der Waals surface area contributed by atoms with E-state index in [1.807, 2.05) is 43.3 Å². The van der Waals surface area contributed by atoms with Crippen LogP contribution in [-0.4, -0.2) is 17.6 Å². The summed E-state index contributed by atoms with van der Waals surface area (Å²) in [7, 11) is 0. The fourth-order valence-corrected chi connectivity index (χ4v) is 3.55. The summed E-state index contributed by atoms with van der Waals surface area (Å²) in [4.78, 5) is 14.7. The Hall–Kier alpha value is -2.40. The number of halogens is 1. The largest absolute Gasteiger partial charge is 0.350 e. The Morgan fingerprint density at radius 3 is 2.76 bits per heavy atom. The second-order valence-electron chi connectivity index (χ2n) is 6.28. The molecule has 1 aliphatic heterocycles. The topological polar surface area (TPSA) is 46.3 Å². The van der Waals surface area contributed by atoms with Gasteiger partial charge >= 0.3 is 0 Å². The number of anilines is 1. The number of carbonyl (C=O) groups is 1. The minimum Gasteiger partial charge on any atom is -0.350 e. The lowest BCUT2D eigenvalue weighted by Crippen LogP contribution is -2.35. The maximum absolute atomic E-state index is 12.9. The normalized spacial score (nSPS) is 13.6. The van der Waals surface area contributed by atoms with Gasteiger partial charge in [0, 0.05) is 28.3 Å². The van der Waals surface area contributed by atoms with Crippen molar-refractivity contribution in [1.82, 2.24) is 5.16 Å². The molecule has 2 heterocycles. The molecule has 0 fully saturated rings. The van der Waals surface area contributed by atoms with Crippen molar-refractivity contribution < 1.29 is 9.32 Å². The summed E-state index contributed by atoms with van der Waals surface area (Å²) in [5.74, 6) is 0.125. The quantitative estimate of drug-likeness (QED) is 0.611. The summed E-state index contributed by atoms with van der Waals surface area (Å²) in [6, 6.07) is 15.7. The number of aryl methyl sites for hydroxylation is 2. The first-order chi connectivity index (χ1) is 12.1. The number of hydrogen-bond acceptors (Lipinski definition) is 3. The van der Waals surface area contributed by atoms with E-state index in [0.717, 1.165) is 28.6 Å². The molecule has 4 nitrogen and oxygen atoms in total. The first-order valence-electron chi connectivity index (χ1n) is 8.26. The van der Waals surface area contributed by atoms with E-state index in [2.05, 4.69) is 27.2 Å². The van der Waals surface area contributed by atoms with Crippen LogP contribution in [0.2, 0.25) is 0 Å². The van der Waals surface area contributed by atoms with Crippen LogP contribution in [0, 0.1) is 6.92 Å². The molecule has 0 aliphatic carbocycles. The third-order valence-corrected chi connectivity index (χ3v) is 4.97. The van der Waals surface area contributed by atoms with Crippen molar-refractivity contribution in [3.8, 4) is 11.3 Å². The highest BCUT2D eigenvalue weighted by atomic mass is 79.9. The summed E-state index contributed by atoms with van der Waals surface area (Å²) in [5, 5.41) is 4.07. The molecular formula is C20H17BrN2O2. The lowest BCUT2D eigenvalue weighted by Gasteiger charge is -2.28. The molecule has 0 unspecified atom stereocenters. The van der Waals surface area contributed by atoms with E-state index in [4.69, 9.17) is 4.52 Å². The van der Waals surface area contributed by atoms with Gasteiger partial charge in [0.05, 0.1) is 0 Å². The maximum atomic E-state index is 12.9. The van der Waals surface area contributed by atoms with Gasteiger partial charge in [-0.2, -0.15) is 0 Å². The highest BCUT2D eigenvalue weighted by molar-refractivity contribution is 9.10. The molecule has 0 saturated heterocycles. The van der Waals surface area contributed by atoms with Crippen molar-refractivity contribution in [2.75, 3.05) is 11.4 Å².